The van der Waals surface area contributed by atoms with Crippen LogP contribution >= 0.6 is 8.86 Å². The third-order valence-corrected chi connectivity index (χ3v) is 4.74. The van der Waals surface area contributed by atoms with Crippen molar-refractivity contribution in [3.8, 4) is 0 Å². The molecular formula is C21H36NO6P. The average molecular weight is 429 g/mol. The molecule has 29 heavy (non-hydrogen) atoms. The number of ether oxygens (including phenoxy) is 2. The summed E-state index contributed by atoms with van der Waals surface area (Å²) in [5.41, 5.74) is 0.455. The van der Waals surface area contributed by atoms with Gasteiger partial charge in [-0.25, -0.2) is 0 Å². The van der Waals surface area contributed by atoms with Gasteiger partial charge in [-0.05, 0) is 19.8 Å². The Morgan fingerprint density at radius 3 is 2.07 bits per heavy atom. The summed E-state index contributed by atoms with van der Waals surface area (Å²) in [4.78, 5) is 34.8. The van der Waals surface area contributed by atoms with Crippen LogP contribution in [0.4, 0.5) is 0 Å². The molecule has 0 saturated carbocycles. The van der Waals surface area contributed by atoms with E-state index in [9.17, 15) is 14.4 Å². The molecule has 0 aliphatic heterocycles. The molecule has 0 saturated heterocycles. The van der Waals surface area contributed by atoms with Crippen LogP contribution in [0.15, 0.2) is 12.8 Å². The van der Waals surface area contributed by atoms with E-state index >= 15 is 0 Å². The average Bonchev–Trinajstić information content (AvgIpc) is 2.67. The second kappa shape index (κ2) is 17.2. The summed E-state index contributed by atoms with van der Waals surface area (Å²) in [5, 5.41) is 10.9. The van der Waals surface area contributed by atoms with Gasteiger partial charge in [0.15, 0.2) is 11.9 Å². The zero-order chi connectivity index (χ0) is 22.1. The van der Waals surface area contributed by atoms with E-state index in [1.807, 2.05) is 0 Å². The van der Waals surface area contributed by atoms with Gasteiger partial charge in [-0.1, -0.05) is 73.7 Å². The van der Waals surface area contributed by atoms with Gasteiger partial charge in [0.1, 0.15) is 6.54 Å². The largest absolute Gasteiger partial charge is 0.486 e. The molecule has 0 radical (unpaired) electrons. The standard InChI is InChI=1S/C21H36NO6P/c1-4-6-7-8-9-10-11-12-13-14-18(29)28-19(16(3)23)20(27-5-2)21(26)22-15-17(24)25/h5,19-20,29H,2,4,6-15H2,1,3H3,(H,22,26)(H,24,25). The van der Waals surface area contributed by atoms with Crippen molar-refractivity contribution in [1.29, 1.82) is 0 Å². The van der Waals surface area contributed by atoms with Gasteiger partial charge in [0.05, 0.1) is 11.7 Å². The second-order valence-electron chi connectivity index (χ2n) is 6.99. The van der Waals surface area contributed by atoms with Crippen molar-refractivity contribution in [1.82, 2.24) is 5.32 Å². The predicted molar refractivity (Wildman–Crippen MR) is 116 cm³/mol. The predicted octanol–water partition coefficient (Wildman–Crippen LogP) is 3.88. The van der Waals surface area contributed by atoms with Crippen molar-refractivity contribution >= 4 is 32.0 Å². The van der Waals surface area contributed by atoms with Gasteiger partial charge >= 0.3 is 5.97 Å². The number of carboxylic acid groups (broad SMARTS) is 1. The van der Waals surface area contributed by atoms with E-state index in [1.54, 1.807) is 0 Å². The van der Waals surface area contributed by atoms with Gasteiger partial charge in [-0.2, -0.15) is 0 Å². The topological polar surface area (TPSA) is 102 Å². The Balaban J connectivity index is 4.40. The first-order valence-electron chi connectivity index (χ1n) is 10.3. The number of rotatable bonds is 19. The van der Waals surface area contributed by atoms with Crippen molar-refractivity contribution in [2.75, 3.05) is 6.54 Å². The first-order valence-corrected chi connectivity index (χ1v) is 10.8. The van der Waals surface area contributed by atoms with Crippen molar-refractivity contribution < 1.29 is 29.0 Å². The maximum Gasteiger partial charge on any atom is 0.322 e. The first-order chi connectivity index (χ1) is 13.8. The molecule has 0 spiro atoms. The molecule has 0 aliphatic carbocycles. The summed E-state index contributed by atoms with van der Waals surface area (Å²) in [7, 11) is 3.38. The SMILES string of the molecule is C=COC(C(=O)NCC(=O)O)C(OC(=P)CCCCCCCCCCC)C(C)=O. The molecule has 2 unspecified atom stereocenters. The molecule has 1 amide bonds. The minimum absolute atomic E-state index is 0.412. The number of aliphatic carboxylic acids is 1. The highest BCUT2D eigenvalue weighted by Gasteiger charge is 2.34. The van der Waals surface area contributed by atoms with Gasteiger partial charge in [-0.15, -0.1) is 0 Å². The van der Waals surface area contributed by atoms with Crippen LogP contribution in [0.3, 0.4) is 0 Å². The fourth-order valence-electron chi connectivity index (χ4n) is 2.80. The molecule has 0 aromatic heterocycles. The van der Waals surface area contributed by atoms with E-state index in [-0.39, 0.29) is 0 Å². The number of amides is 1. The lowest BCUT2D eigenvalue weighted by atomic mass is 10.1. The summed E-state index contributed by atoms with van der Waals surface area (Å²) in [6.07, 6.45) is 9.87. The summed E-state index contributed by atoms with van der Waals surface area (Å²) >= 11 is 0. The van der Waals surface area contributed by atoms with Crippen molar-refractivity contribution in [2.24, 2.45) is 0 Å². The van der Waals surface area contributed by atoms with Crippen molar-refractivity contribution in [3.05, 3.63) is 12.8 Å². The van der Waals surface area contributed by atoms with E-state index in [2.05, 4.69) is 27.7 Å². The number of unbranched alkanes of at least 4 members (excludes halogenated alkanes) is 8. The van der Waals surface area contributed by atoms with E-state index in [0.717, 1.165) is 25.5 Å². The van der Waals surface area contributed by atoms with E-state index in [1.165, 1.54) is 45.4 Å². The molecular weight excluding hydrogens is 393 g/mol. The molecule has 2 N–H and O–H groups in total. The van der Waals surface area contributed by atoms with Crippen LogP contribution in [0.5, 0.6) is 0 Å². The number of hydrogen-bond donors (Lipinski definition) is 2. The van der Waals surface area contributed by atoms with Crippen LogP contribution in [0.25, 0.3) is 0 Å². The molecule has 7 nitrogen and oxygen atoms in total. The number of carbonyl (C=O) groups is 3. The van der Waals surface area contributed by atoms with Crippen LogP contribution in [0.2, 0.25) is 0 Å². The number of ketones is 1. The molecule has 0 aromatic rings. The minimum Gasteiger partial charge on any atom is -0.486 e. The molecule has 0 heterocycles. The summed E-state index contributed by atoms with van der Waals surface area (Å²) in [6, 6.07) is 0. The quantitative estimate of drug-likeness (QED) is 0.184. The lowest BCUT2D eigenvalue weighted by Crippen LogP contribution is -2.49. The Morgan fingerprint density at radius 1 is 1.03 bits per heavy atom. The molecule has 8 heteroatoms. The number of carboxylic acids is 1. The number of hydrogen-bond acceptors (Lipinski definition) is 5. The number of nitrogens with one attached hydrogen (secondary N) is 1. The Labute approximate surface area is 176 Å². The smallest absolute Gasteiger partial charge is 0.322 e. The van der Waals surface area contributed by atoms with Gasteiger partial charge < -0.3 is 19.9 Å². The fourth-order valence-corrected chi connectivity index (χ4v) is 3.11. The molecule has 0 aromatic carbocycles. The fraction of sp³-hybridized carbons (Fsp3) is 0.714. The summed E-state index contributed by atoms with van der Waals surface area (Å²) in [6.45, 7) is 6.31. The highest BCUT2D eigenvalue weighted by molar-refractivity contribution is 7.20. The zero-order valence-electron chi connectivity index (χ0n) is 17.7. The molecule has 0 bridgehead atoms. The van der Waals surface area contributed by atoms with Crippen molar-refractivity contribution in [2.45, 2.75) is 90.3 Å². The zero-order valence-corrected chi connectivity index (χ0v) is 18.7. The number of Topliss-reactive ketones (excluding diaryl/α,β-unsaturated/α-hetero) is 1. The van der Waals surface area contributed by atoms with Crippen LogP contribution in [0, 0.1) is 0 Å². The molecule has 0 fully saturated rings. The Morgan fingerprint density at radius 2 is 1.59 bits per heavy atom. The van der Waals surface area contributed by atoms with Gasteiger partial charge in [0.2, 0.25) is 6.10 Å². The van der Waals surface area contributed by atoms with E-state index in [0.29, 0.717) is 11.9 Å². The lowest BCUT2D eigenvalue weighted by molar-refractivity contribution is -0.145. The van der Waals surface area contributed by atoms with Crippen LogP contribution < -0.4 is 5.32 Å². The second-order valence-corrected chi connectivity index (χ2v) is 7.54. The third-order valence-electron chi connectivity index (χ3n) is 4.37. The van der Waals surface area contributed by atoms with E-state index in [4.69, 9.17) is 14.6 Å². The minimum atomic E-state index is -1.32. The molecule has 0 rings (SSSR count). The van der Waals surface area contributed by atoms with Gasteiger partial charge in [-0.3, -0.25) is 14.4 Å². The lowest BCUT2D eigenvalue weighted by Gasteiger charge is -2.24. The molecule has 0 aliphatic rings. The highest BCUT2D eigenvalue weighted by atomic mass is 31.0. The van der Waals surface area contributed by atoms with Crippen LogP contribution in [0.1, 0.15) is 78.1 Å². The van der Waals surface area contributed by atoms with E-state index < -0.39 is 36.4 Å². The van der Waals surface area contributed by atoms with Gasteiger partial charge in [0, 0.05) is 0 Å². The van der Waals surface area contributed by atoms with Crippen molar-refractivity contribution in [3.63, 3.8) is 0 Å². The molecule has 2 atom stereocenters. The Bertz CT molecular complexity index is 537. The first kappa shape index (κ1) is 27.3. The molecule has 166 valence electrons. The normalized spacial score (nSPS) is 12.6. The maximum absolute atomic E-state index is 12.2. The third kappa shape index (κ3) is 14.0. The maximum atomic E-state index is 12.2. The van der Waals surface area contributed by atoms with Gasteiger partial charge in [0.25, 0.3) is 5.91 Å². The summed E-state index contributed by atoms with van der Waals surface area (Å²) < 4.78 is 10.8. The monoisotopic (exact) mass is 429 g/mol. The van der Waals surface area contributed by atoms with Crippen LogP contribution in [-0.2, 0) is 23.9 Å². The Kier molecular flexibility index (Phi) is 16.1. The number of carbonyl (C=O) groups excluding carboxylic acids is 2. The highest BCUT2D eigenvalue weighted by Crippen LogP contribution is 2.14. The van der Waals surface area contributed by atoms with Crippen LogP contribution in [-0.4, -0.2) is 47.0 Å². The summed E-state index contributed by atoms with van der Waals surface area (Å²) in [5.74, 6) is -2.37. The Hall–Kier alpha value is -1.72.